The minimum atomic E-state index is -0.517. The third-order valence-corrected chi connectivity index (χ3v) is 5.89. The molecule has 0 unspecified atom stereocenters. The summed E-state index contributed by atoms with van der Waals surface area (Å²) in [6.07, 6.45) is 5.33. The van der Waals surface area contributed by atoms with Crippen molar-refractivity contribution in [3.05, 3.63) is 84.0 Å². The Bertz CT molecular complexity index is 1220. The number of hydrogen-bond donors (Lipinski definition) is 1. The lowest BCUT2D eigenvalue weighted by atomic mass is 10.1. The maximum absolute atomic E-state index is 12.5. The number of carbonyl (C=O) groups excluding carboxylic acids is 2. The molecule has 0 saturated heterocycles. The lowest BCUT2D eigenvalue weighted by molar-refractivity contribution is 0.0982. The van der Waals surface area contributed by atoms with Crippen molar-refractivity contribution in [1.29, 1.82) is 0 Å². The predicted molar refractivity (Wildman–Crippen MR) is 129 cm³/mol. The Morgan fingerprint density at radius 2 is 2.03 bits per heavy atom. The van der Waals surface area contributed by atoms with Gasteiger partial charge in [-0.1, -0.05) is 54.7 Å². The molecule has 1 aliphatic heterocycles. The van der Waals surface area contributed by atoms with Gasteiger partial charge in [-0.2, -0.15) is 0 Å². The molecule has 9 heteroatoms. The topological polar surface area (TPSA) is 103 Å². The van der Waals surface area contributed by atoms with E-state index < -0.39 is 5.91 Å². The molecule has 3 aromatic rings. The minimum absolute atomic E-state index is 0.150. The van der Waals surface area contributed by atoms with Crippen LogP contribution >= 0.6 is 12.2 Å². The van der Waals surface area contributed by atoms with Gasteiger partial charge in [-0.05, 0) is 23.8 Å². The number of amides is 1. The van der Waals surface area contributed by atoms with Gasteiger partial charge in [0.25, 0.3) is 0 Å². The van der Waals surface area contributed by atoms with Crippen molar-refractivity contribution >= 4 is 34.6 Å². The van der Waals surface area contributed by atoms with Crippen LogP contribution in [-0.4, -0.2) is 45.1 Å². The van der Waals surface area contributed by atoms with E-state index in [0.717, 1.165) is 5.56 Å². The second kappa shape index (κ2) is 9.74. The summed E-state index contributed by atoms with van der Waals surface area (Å²) in [5.41, 5.74) is 7.53. The number of thiocarbonyl (C=S) groups is 1. The van der Waals surface area contributed by atoms with Gasteiger partial charge < -0.3 is 15.4 Å². The molecule has 2 aromatic carbocycles. The molecule has 0 radical (unpaired) electrons. The number of allylic oxidation sites excluding steroid dienone is 1. The summed E-state index contributed by atoms with van der Waals surface area (Å²) >= 11 is 5.63. The predicted octanol–water partition coefficient (Wildman–Crippen LogP) is 3.03. The van der Waals surface area contributed by atoms with Crippen LogP contribution in [0.15, 0.2) is 67.0 Å². The number of fused-ring (bicyclic) bond motifs is 1. The van der Waals surface area contributed by atoms with Gasteiger partial charge in [-0.25, -0.2) is 9.67 Å². The third-order valence-electron chi connectivity index (χ3n) is 5.32. The quantitative estimate of drug-likeness (QED) is 0.328. The molecule has 4 rings (SSSR count). The Kier molecular flexibility index (Phi) is 6.60. The van der Waals surface area contributed by atoms with E-state index in [2.05, 4.69) is 10.1 Å². The molecule has 1 amide bonds. The fourth-order valence-electron chi connectivity index (χ4n) is 3.51. The Balaban J connectivity index is 1.39. The molecule has 0 fully saturated rings. The number of ether oxygens (including phenoxy) is 1. The Morgan fingerprint density at radius 1 is 1.24 bits per heavy atom. The molecular weight excluding hydrogens is 438 g/mol. The Hall–Kier alpha value is -3.85. The number of anilines is 1. The molecule has 1 aliphatic rings. The van der Waals surface area contributed by atoms with Crippen molar-refractivity contribution in [1.82, 2.24) is 14.8 Å². The monoisotopic (exact) mass is 461 g/mol. The van der Waals surface area contributed by atoms with E-state index in [1.54, 1.807) is 40.2 Å². The lowest BCUT2D eigenvalue weighted by Crippen LogP contribution is -2.31. The van der Waals surface area contributed by atoms with Crippen molar-refractivity contribution in [2.45, 2.75) is 13.0 Å². The smallest absolute Gasteiger partial charge is 0.248 e. The zero-order chi connectivity index (χ0) is 23.4. The number of hydrogen-bond acceptors (Lipinski definition) is 6. The van der Waals surface area contributed by atoms with E-state index in [1.165, 1.54) is 0 Å². The van der Waals surface area contributed by atoms with E-state index in [1.807, 2.05) is 43.5 Å². The van der Waals surface area contributed by atoms with Crippen LogP contribution in [0.25, 0.3) is 0 Å². The van der Waals surface area contributed by atoms with Crippen molar-refractivity contribution in [3.63, 3.8) is 0 Å². The molecule has 1 aromatic heterocycles. The highest BCUT2D eigenvalue weighted by atomic mass is 32.1. The molecule has 2 N–H and O–H groups in total. The van der Waals surface area contributed by atoms with Crippen molar-refractivity contribution < 1.29 is 14.3 Å². The van der Waals surface area contributed by atoms with Crippen LogP contribution < -0.4 is 15.4 Å². The number of ketones is 1. The minimum Gasteiger partial charge on any atom is -0.490 e. The van der Waals surface area contributed by atoms with Gasteiger partial charge in [0, 0.05) is 19.0 Å². The van der Waals surface area contributed by atoms with Gasteiger partial charge >= 0.3 is 0 Å². The SMILES string of the molecule is CN1C(=S)[C@@H](/C=C/CC(=O)c2ncn(Cc3ccccc3)n2)COc2ccc(C(N)=O)cc21. The highest BCUT2D eigenvalue weighted by molar-refractivity contribution is 7.80. The standard InChI is InChI=1S/C24H23N5O3S/c1-28-19-12-17(22(25)31)10-11-21(19)32-14-18(24(28)33)8-5-9-20(30)23-26-15-29(27-23)13-16-6-3-2-4-7-16/h2-8,10-12,15,18H,9,13-14H2,1H3,(H2,25,31)/b8-5+/t18-/m0/s1. The summed E-state index contributed by atoms with van der Waals surface area (Å²) < 4.78 is 7.54. The first-order valence-corrected chi connectivity index (χ1v) is 10.8. The average Bonchev–Trinajstić information content (AvgIpc) is 3.25. The van der Waals surface area contributed by atoms with E-state index in [-0.39, 0.29) is 23.9 Å². The number of carbonyl (C=O) groups is 2. The number of aromatic nitrogens is 3. The maximum atomic E-state index is 12.5. The van der Waals surface area contributed by atoms with Gasteiger partial charge in [0.2, 0.25) is 17.5 Å². The highest BCUT2D eigenvalue weighted by Gasteiger charge is 2.25. The van der Waals surface area contributed by atoms with E-state index >= 15 is 0 Å². The van der Waals surface area contributed by atoms with Crippen LogP contribution in [0.1, 0.15) is 33.0 Å². The molecule has 1 atom stereocenters. The van der Waals surface area contributed by atoms with Crippen molar-refractivity contribution in [2.24, 2.45) is 11.7 Å². The zero-order valence-corrected chi connectivity index (χ0v) is 18.9. The van der Waals surface area contributed by atoms with Crippen molar-refractivity contribution in [3.8, 4) is 5.75 Å². The van der Waals surface area contributed by atoms with Crippen LogP contribution in [0, 0.1) is 5.92 Å². The molecule has 0 bridgehead atoms. The number of rotatable bonds is 7. The number of Topliss-reactive ketones (excluding diaryl/α,β-unsaturated/α-hetero) is 1. The van der Waals surface area contributed by atoms with E-state index in [9.17, 15) is 9.59 Å². The van der Waals surface area contributed by atoms with Crippen LogP contribution in [0.4, 0.5) is 5.69 Å². The summed E-state index contributed by atoms with van der Waals surface area (Å²) in [6, 6.07) is 14.8. The number of nitrogens with zero attached hydrogens (tertiary/aromatic N) is 4. The summed E-state index contributed by atoms with van der Waals surface area (Å²) in [7, 11) is 1.82. The maximum Gasteiger partial charge on any atom is 0.248 e. The molecule has 0 aliphatic carbocycles. The lowest BCUT2D eigenvalue weighted by Gasteiger charge is -2.21. The third kappa shape index (κ3) is 5.15. The van der Waals surface area contributed by atoms with Gasteiger partial charge in [0.1, 0.15) is 18.7 Å². The second-order valence-corrected chi connectivity index (χ2v) is 8.09. The van der Waals surface area contributed by atoms with Crippen LogP contribution in [-0.2, 0) is 6.54 Å². The van der Waals surface area contributed by atoms with Gasteiger partial charge in [0.05, 0.1) is 23.1 Å². The molecule has 2 heterocycles. The molecule has 8 nitrogen and oxygen atoms in total. The molecular formula is C24H23N5O3S. The van der Waals surface area contributed by atoms with Crippen LogP contribution in [0.3, 0.4) is 0 Å². The Labute approximate surface area is 196 Å². The molecule has 168 valence electrons. The second-order valence-electron chi connectivity index (χ2n) is 7.67. The van der Waals surface area contributed by atoms with Crippen LogP contribution in [0.2, 0.25) is 0 Å². The number of nitrogens with two attached hydrogens (primary N) is 1. The zero-order valence-electron chi connectivity index (χ0n) is 18.0. The first kappa shape index (κ1) is 22.3. The number of primary amides is 1. The largest absolute Gasteiger partial charge is 0.490 e. The van der Waals surface area contributed by atoms with Crippen LogP contribution in [0.5, 0.6) is 5.75 Å². The summed E-state index contributed by atoms with van der Waals surface area (Å²) in [4.78, 5) is 30.6. The van der Waals surface area contributed by atoms with Gasteiger partial charge in [0.15, 0.2) is 0 Å². The first-order valence-electron chi connectivity index (χ1n) is 10.4. The molecule has 33 heavy (non-hydrogen) atoms. The summed E-state index contributed by atoms with van der Waals surface area (Å²) in [5.74, 6) is -0.119. The first-order chi connectivity index (χ1) is 15.9. The van der Waals surface area contributed by atoms with Crippen molar-refractivity contribution in [2.75, 3.05) is 18.6 Å². The average molecular weight is 462 g/mol. The molecule has 0 saturated carbocycles. The highest BCUT2D eigenvalue weighted by Crippen LogP contribution is 2.33. The summed E-state index contributed by atoms with van der Waals surface area (Å²) in [5, 5.41) is 4.29. The fraction of sp³-hybridized carbons (Fsp3) is 0.208. The normalized spacial score (nSPS) is 15.7. The van der Waals surface area contributed by atoms with E-state index in [4.69, 9.17) is 22.7 Å². The summed E-state index contributed by atoms with van der Waals surface area (Å²) in [6.45, 7) is 0.871. The fourth-order valence-corrected chi connectivity index (χ4v) is 3.76. The molecule has 0 spiro atoms. The van der Waals surface area contributed by atoms with Gasteiger partial charge in [-0.3, -0.25) is 9.59 Å². The number of benzene rings is 2. The van der Waals surface area contributed by atoms with Gasteiger partial charge in [-0.15, -0.1) is 5.10 Å². The van der Waals surface area contributed by atoms with E-state index in [0.29, 0.717) is 35.1 Å². The Morgan fingerprint density at radius 3 is 2.79 bits per heavy atom.